The van der Waals surface area contributed by atoms with Gasteiger partial charge in [0.05, 0.1) is 5.69 Å². The summed E-state index contributed by atoms with van der Waals surface area (Å²) in [5.41, 5.74) is 2.44. The molecule has 1 aromatic rings. The van der Waals surface area contributed by atoms with Crippen LogP contribution in [0.2, 0.25) is 0 Å². The van der Waals surface area contributed by atoms with Gasteiger partial charge >= 0.3 is 0 Å². The lowest BCUT2D eigenvalue weighted by Crippen LogP contribution is -1.92. The molecule has 0 aliphatic heterocycles. The fourth-order valence-electron chi connectivity index (χ4n) is 1.13. The van der Waals surface area contributed by atoms with Gasteiger partial charge in [-0.15, -0.1) is 11.6 Å². The summed E-state index contributed by atoms with van der Waals surface area (Å²) in [5, 5.41) is 4.31. The first kappa shape index (κ1) is 8.60. The molecule has 0 aliphatic rings. The fourth-order valence-corrected chi connectivity index (χ4v) is 1.27. The third-order valence-corrected chi connectivity index (χ3v) is 1.93. The van der Waals surface area contributed by atoms with Crippen LogP contribution in [0.4, 0.5) is 0 Å². The van der Waals surface area contributed by atoms with E-state index in [1.807, 2.05) is 17.9 Å². The van der Waals surface area contributed by atoms with Gasteiger partial charge in [0.15, 0.2) is 0 Å². The van der Waals surface area contributed by atoms with Crippen molar-refractivity contribution in [3.63, 3.8) is 0 Å². The standard InChI is InChI=1S/C8H13ClN2/c1-7-6-11(2)10-8(7)4-3-5-9/h6H,3-5H2,1-2H3. The van der Waals surface area contributed by atoms with Crippen molar-refractivity contribution in [3.05, 3.63) is 17.5 Å². The molecule has 0 aliphatic carbocycles. The average Bonchev–Trinajstić information content (AvgIpc) is 2.26. The number of aromatic nitrogens is 2. The second-order valence-corrected chi connectivity index (χ2v) is 3.10. The van der Waals surface area contributed by atoms with E-state index < -0.39 is 0 Å². The van der Waals surface area contributed by atoms with Crippen LogP contribution in [0.1, 0.15) is 17.7 Å². The van der Waals surface area contributed by atoms with Crippen molar-refractivity contribution in [3.8, 4) is 0 Å². The molecular formula is C8H13ClN2. The Morgan fingerprint density at radius 1 is 1.64 bits per heavy atom. The van der Waals surface area contributed by atoms with Gasteiger partial charge < -0.3 is 0 Å². The molecule has 0 saturated heterocycles. The minimum Gasteiger partial charge on any atom is -0.275 e. The first-order valence-electron chi connectivity index (χ1n) is 3.79. The third-order valence-electron chi connectivity index (χ3n) is 1.66. The predicted molar refractivity (Wildman–Crippen MR) is 47.0 cm³/mol. The molecule has 11 heavy (non-hydrogen) atoms. The second-order valence-electron chi connectivity index (χ2n) is 2.73. The Morgan fingerprint density at radius 3 is 2.82 bits per heavy atom. The number of aryl methyl sites for hydroxylation is 3. The van der Waals surface area contributed by atoms with Gasteiger partial charge in [0.2, 0.25) is 0 Å². The van der Waals surface area contributed by atoms with E-state index in [-0.39, 0.29) is 0 Å². The van der Waals surface area contributed by atoms with Gasteiger partial charge in [-0.05, 0) is 25.3 Å². The zero-order valence-electron chi connectivity index (χ0n) is 6.97. The van der Waals surface area contributed by atoms with Crippen molar-refractivity contribution >= 4 is 11.6 Å². The van der Waals surface area contributed by atoms with Crippen molar-refractivity contribution in [2.45, 2.75) is 19.8 Å². The minimum absolute atomic E-state index is 0.718. The lowest BCUT2D eigenvalue weighted by Gasteiger charge is -1.93. The Morgan fingerprint density at radius 2 is 2.36 bits per heavy atom. The monoisotopic (exact) mass is 172 g/mol. The van der Waals surface area contributed by atoms with Gasteiger partial charge in [-0.2, -0.15) is 5.10 Å². The molecule has 0 radical (unpaired) electrons. The predicted octanol–water partition coefficient (Wildman–Crippen LogP) is 1.90. The molecule has 0 amide bonds. The molecule has 1 heterocycles. The Labute approximate surface area is 72.2 Å². The van der Waals surface area contributed by atoms with Crippen LogP contribution >= 0.6 is 11.6 Å². The zero-order valence-corrected chi connectivity index (χ0v) is 7.73. The number of halogens is 1. The van der Waals surface area contributed by atoms with E-state index in [4.69, 9.17) is 11.6 Å². The summed E-state index contributed by atoms with van der Waals surface area (Å²) in [4.78, 5) is 0. The van der Waals surface area contributed by atoms with Gasteiger partial charge in [-0.1, -0.05) is 0 Å². The maximum absolute atomic E-state index is 5.58. The van der Waals surface area contributed by atoms with Gasteiger partial charge in [-0.25, -0.2) is 0 Å². The molecule has 1 rings (SSSR count). The normalized spacial score (nSPS) is 10.5. The van der Waals surface area contributed by atoms with E-state index in [9.17, 15) is 0 Å². The van der Waals surface area contributed by atoms with Crippen molar-refractivity contribution in [2.75, 3.05) is 5.88 Å². The van der Waals surface area contributed by atoms with Crippen molar-refractivity contribution in [2.24, 2.45) is 7.05 Å². The van der Waals surface area contributed by atoms with Gasteiger partial charge in [0.25, 0.3) is 0 Å². The van der Waals surface area contributed by atoms with E-state index in [1.165, 1.54) is 11.3 Å². The van der Waals surface area contributed by atoms with Crippen LogP contribution in [0, 0.1) is 6.92 Å². The maximum Gasteiger partial charge on any atom is 0.0654 e. The first-order chi connectivity index (χ1) is 5.24. The second kappa shape index (κ2) is 3.77. The number of rotatable bonds is 3. The quantitative estimate of drug-likeness (QED) is 0.637. The lowest BCUT2D eigenvalue weighted by molar-refractivity contribution is 0.734. The van der Waals surface area contributed by atoms with Crippen LogP contribution in [0.25, 0.3) is 0 Å². The van der Waals surface area contributed by atoms with E-state index in [0.717, 1.165) is 18.7 Å². The molecule has 0 atom stereocenters. The SMILES string of the molecule is Cc1cn(C)nc1CCCCl. The molecule has 0 saturated carbocycles. The minimum atomic E-state index is 0.718. The summed E-state index contributed by atoms with van der Waals surface area (Å²) in [6.07, 6.45) is 4.04. The summed E-state index contributed by atoms with van der Waals surface area (Å²) in [7, 11) is 1.94. The molecule has 0 aromatic carbocycles. The van der Waals surface area contributed by atoms with Gasteiger partial charge in [0.1, 0.15) is 0 Å². The molecular weight excluding hydrogens is 160 g/mol. The van der Waals surface area contributed by atoms with E-state index in [1.54, 1.807) is 0 Å². The molecule has 0 unspecified atom stereocenters. The van der Waals surface area contributed by atoms with Gasteiger partial charge in [0, 0.05) is 19.1 Å². The summed E-state index contributed by atoms with van der Waals surface area (Å²) < 4.78 is 1.85. The number of hydrogen-bond acceptors (Lipinski definition) is 1. The van der Waals surface area contributed by atoms with E-state index >= 15 is 0 Å². The lowest BCUT2D eigenvalue weighted by atomic mass is 10.2. The van der Waals surface area contributed by atoms with Crippen LogP contribution < -0.4 is 0 Å². The highest BCUT2D eigenvalue weighted by atomic mass is 35.5. The highest BCUT2D eigenvalue weighted by Crippen LogP contribution is 2.06. The van der Waals surface area contributed by atoms with Crippen molar-refractivity contribution < 1.29 is 0 Å². The molecule has 0 N–H and O–H groups in total. The number of nitrogens with zero attached hydrogens (tertiary/aromatic N) is 2. The molecule has 0 spiro atoms. The highest BCUT2D eigenvalue weighted by molar-refractivity contribution is 6.17. The van der Waals surface area contributed by atoms with Crippen LogP contribution in [0.5, 0.6) is 0 Å². The van der Waals surface area contributed by atoms with Crippen LogP contribution in [-0.2, 0) is 13.5 Å². The van der Waals surface area contributed by atoms with Crippen molar-refractivity contribution in [1.29, 1.82) is 0 Å². The van der Waals surface area contributed by atoms with Crippen molar-refractivity contribution in [1.82, 2.24) is 9.78 Å². The molecule has 3 heteroatoms. The Kier molecular flexibility index (Phi) is 2.94. The highest BCUT2D eigenvalue weighted by Gasteiger charge is 2.01. The topological polar surface area (TPSA) is 17.8 Å². The van der Waals surface area contributed by atoms with Crippen LogP contribution in [0.15, 0.2) is 6.20 Å². The number of alkyl halides is 1. The maximum atomic E-state index is 5.58. The van der Waals surface area contributed by atoms with Crippen LogP contribution in [-0.4, -0.2) is 15.7 Å². The summed E-state index contributed by atoms with van der Waals surface area (Å²) in [6, 6.07) is 0. The van der Waals surface area contributed by atoms with E-state index in [2.05, 4.69) is 12.0 Å². The first-order valence-corrected chi connectivity index (χ1v) is 4.32. The molecule has 0 fully saturated rings. The number of hydrogen-bond donors (Lipinski definition) is 0. The smallest absolute Gasteiger partial charge is 0.0654 e. The largest absolute Gasteiger partial charge is 0.275 e. The molecule has 0 bridgehead atoms. The molecule has 62 valence electrons. The summed E-state index contributed by atoms with van der Waals surface area (Å²) in [6.45, 7) is 2.08. The fraction of sp³-hybridized carbons (Fsp3) is 0.625. The Hall–Kier alpha value is -0.500. The van der Waals surface area contributed by atoms with E-state index in [0.29, 0.717) is 0 Å². The van der Waals surface area contributed by atoms with Crippen LogP contribution in [0.3, 0.4) is 0 Å². The Balaban J connectivity index is 2.62. The molecule has 1 aromatic heterocycles. The summed E-state index contributed by atoms with van der Waals surface area (Å²) in [5.74, 6) is 0.718. The van der Waals surface area contributed by atoms with Gasteiger partial charge in [-0.3, -0.25) is 4.68 Å². The molecule has 2 nitrogen and oxygen atoms in total. The Bertz CT molecular complexity index is 230. The summed E-state index contributed by atoms with van der Waals surface area (Å²) >= 11 is 5.58. The third kappa shape index (κ3) is 2.22. The average molecular weight is 173 g/mol. The zero-order chi connectivity index (χ0) is 8.27.